The molecule has 0 atom stereocenters. The van der Waals surface area contributed by atoms with Crippen LogP contribution in [0.25, 0.3) is 0 Å². The zero-order valence-electron chi connectivity index (χ0n) is 11.8. The second-order valence-electron chi connectivity index (χ2n) is 5.22. The van der Waals surface area contributed by atoms with Crippen molar-refractivity contribution in [2.45, 2.75) is 32.8 Å². The number of carbonyl (C=O) groups is 1. The monoisotopic (exact) mass is 278 g/mol. The number of hydrogen-bond donors (Lipinski definition) is 1. The molecule has 108 valence electrons. The van der Waals surface area contributed by atoms with Crippen LogP contribution in [-0.4, -0.2) is 16.6 Å². The molecule has 6 nitrogen and oxygen atoms in total. The van der Waals surface area contributed by atoms with E-state index < -0.39 is 16.6 Å². The van der Waals surface area contributed by atoms with Crippen molar-refractivity contribution in [2.75, 3.05) is 5.32 Å². The molecule has 0 aliphatic rings. The summed E-state index contributed by atoms with van der Waals surface area (Å²) in [4.78, 5) is 22.0. The molecule has 6 heteroatoms. The van der Waals surface area contributed by atoms with Gasteiger partial charge in [-0.15, -0.1) is 6.58 Å². The number of allylic oxidation sites excluding steroid dienone is 1. The lowest BCUT2D eigenvalue weighted by Gasteiger charge is -2.20. The van der Waals surface area contributed by atoms with Crippen molar-refractivity contribution >= 4 is 17.5 Å². The van der Waals surface area contributed by atoms with Crippen LogP contribution in [0.2, 0.25) is 0 Å². The molecule has 0 radical (unpaired) electrons. The molecule has 0 saturated carbocycles. The van der Waals surface area contributed by atoms with Gasteiger partial charge in [-0.05, 0) is 38.8 Å². The molecule has 20 heavy (non-hydrogen) atoms. The number of hydrogen-bond acceptors (Lipinski definition) is 4. The molecule has 1 aromatic rings. The number of nitrogens with zero attached hydrogens (tertiary/aromatic N) is 1. The Morgan fingerprint density at radius 1 is 1.50 bits per heavy atom. The molecular weight excluding hydrogens is 260 g/mol. The van der Waals surface area contributed by atoms with Gasteiger partial charge in [0.2, 0.25) is 0 Å². The molecule has 0 fully saturated rings. The number of nitro groups is 1. The molecule has 0 heterocycles. The van der Waals surface area contributed by atoms with Gasteiger partial charge in [0.25, 0.3) is 5.69 Å². The third-order valence-corrected chi connectivity index (χ3v) is 2.30. The van der Waals surface area contributed by atoms with Crippen molar-refractivity contribution in [2.24, 2.45) is 0 Å². The van der Waals surface area contributed by atoms with Crippen LogP contribution in [0.3, 0.4) is 0 Å². The van der Waals surface area contributed by atoms with Crippen LogP contribution in [0.4, 0.5) is 16.2 Å². The van der Waals surface area contributed by atoms with E-state index in [2.05, 4.69) is 11.9 Å². The van der Waals surface area contributed by atoms with Crippen LogP contribution in [0.5, 0.6) is 0 Å². The predicted molar refractivity (Wildman–Crippen MR) is 76.9 cm³/mol. The molecule has 1 N–H and O–H groups in total. The number of benzene rings is 1. The van der Waals surface area contributed by atoms with Crippen molar-refractivity contribution in [3.63, 3.8) is 0 Å². The van der Waals surface area contributed by atoms with Gasteiger partial charge >= 0.3 is 6.09 Å². The van der Waals surface area contributed by atoms with Crippen molar-refractivity contribution in [3.05, 3.63) is 46.5 Å². The summed E-state index contributed by atoms with van der Waals surface area (Å²) in [6.07, 6.45) is 1.42. The maximum atomic E-state index is 11.7. The summed E-state index contributed by atoms with van der Waals surface area (Å²) in [5.41, 5.74) is 0.449. The maximum Gasteiger partial charge on any atom is 0.412 e. The molecule has 1 rings (SSSR count). The lowest BCUT2D eigenvalue weighted by atomic mass is 10.1. The average molecular weight is 278 g/mol. The smallest absolute Gasteiger partial charge is 0.412 e. The quantitative estimate of drug-likeness (QED) is 0.517. The lowest BCUT2D eigenvalue weighted by Crippen LogP contribution is -2.27. The van der Waals surface area contributed by atoms with E-state index in [0.717, 1.165) is 0 Å². The van der Waals surface area contributed by atoms with Gasteiger partial charge in [0.05, 0.1) is 4.92 Å². The van der Waals surface area contributed by atoms with Crippen molar-refractivity contribution in [1.82, 2.24) is 0 Å². The summed E-state index contributed by atoms with van der Waals surface area (Å²) < 4.78 is 5.14. The van der Waals surface area contributed by atoms with Crippen LogP contribution in [0.1, 0.15) is 26.3 Å². The lowest BCUT2D eigenvalue weighted by molar-refractivity contribution is -0.384. The third-order valence-electron chi connectivity index (χ3n) is 2.30. The van der Waals surface area contributed by atoms with E-state index in [0.29, 0.717) is 17.7 Å². The first kappa shape index (κ1) is 15.7. The highest BCUT2D eigenvalue weighted by Crippen LogP contribution is 2.23. The molecule has 0 spiro atoms. The molecule has 1 amide bonds. The first-order valence-corrected chi connectivity index (χ1v) is 6.11. The van der Waals surface area contributed by atoms with E-state index in [1.807, 2.05) is 0 Å². The molecule has 0 saturated heterocycles. The van der Waals surface area contributed by atoms with Crippen molar-refractivity contribution in [1.29, 1.82) is 0 Å². The van der Waals surface area contributed by atoms with Crippen LogP contribution in [-0.2, 0) is 11.2 Å². The second-order valence-corrected chi connectivity index (χ2v) is 5.22. The highest BCUT2D eigenvalue weighted by atomic mass is 16.6. The zero-order valence-corrected chi connectivity index (χ0v) is 11.8. The summed E-state index contributed by atoms with van der Waals surface area (Å²) in [6, 6.07) is 4.23. The largest absolute Gasteiger partial charge is 0.444 e. The number of nitro benzene ring substituents is 1. The topological polar surface area (TPSA) is 81.5 Å². The summed E-state index contributed by atoms with van der Waals surface area (Å²) in [5.74, 6) is 0. The second kappa shape index (κ2) is 6.18. The summed E-state index contributed by atoms with van der Waals surface area (Å²) >= 11 is 0. The SMILES string of the molecule is C=CCc1cc([N+](=O)[O-])ccc1NC(=O)OC(C)(C)C. The Morgan fingerprint density at radius 3 is 2.65 bits per heavy atom. The van der Waals surface area contributed by atoms with E-state index in [1.165, 1.54) is 18.2 Å². The standard InChI is InChI=1S/C14H18N2O4/c1-5-6-10-9-11(16(18)19)7-8-12(10)15-13(17)20-14(2,3)4/h5,7-9H,1,6H2,2-4H3,(H,15,17). The number of rotatable bonds is 4. The van der Waals surface area contributed by atoms with Crippen LogP contribution >= 0.6 is 0 Å². The third kappa shape index (κ3) is 4.72. The summed E-state index contributed by atoms with van der Waals surface area (Å²) in [7, 11) is 0. The van der Waals surface area contributed by atoms with E-state index >= 15 is 0 Å². The Labute approximate surface area is 117 Å². The number of amides is 1. The van der Waals surface area contributed by atoms with E-state index in [-0.39, 0.29) is 5.69 Å². The summed E-state index contributed by atoms with van der Waals surface area (Å²) in [5, 5.41) is 13.3. The fourth-order valence-electron chi connectivity index (χ4n) is 1.55. The molecule has 0 aliphatic heterocycles. The molecule has 0 unspecified atom stereocenters. The molecule has 1 aromatic carbocycles. The van der Waals surface area contributed by atoms with Gasteiger partial charge in [-0.1, -0.05) is 6.08 Å². The van der Waals surface area contributed by atoms with Gasteiger partial charge in [0.1, 0.15) is 5.60 Å². The number of non-ortho nitro benzene ring substituents is 1. The van der Waals surface area contributed by atoms with E-state index in [1.54, 1.807) is 26.8 Å². The van der Waals surface area contributed by atoms with Crippen LogP contribution in [0, 0.1) is 10.1 Å². The Balaban J connectivity index is 2.96. The van der Waals surface area contributed by atoms with E-state index in [9.17, 15) is 14.9 Å². The Kier molecular flexibility index (Phi) is 4.85. The highest BCUT2D eigenvalue weighted by Gasteiger charge is 2.18. The van der Waals surface area contributed by atoms with Gasteiger partial charge in [-0.3, -0.25) is 15.4 Å². The molecule has 0 aliphatic carbocycles. The minimum absolute atomic E-state index is 0.0309. The van der Waals surface area contributed by atoms with Gasteiger partial charge in [0, 0.05) is 17.8 Å². The Morgan fingerprint density at radius 2 is 2.15 bits per heavy atom. The highest BCUT2D eigenvalue weighted by molar-refractivity contribution is 5.86. The Hall–Kier alpha value is -2.37. The molecular formula is C14H18N2O4. The van der Waals surface area contributed by atoms with Crippen molar-refractivity contribution in [3.8, 4) is 0 Å². The van der Waals surface area contributed by atoms with Gasteiger partial charge in [-0.25, -0.2) is 4.79 Å². The summed E-state index contributed by atoms with van der Waals surface area (Å²) in [6.45, 7) is 8.87. The number of carbonyl (C=O) groups excluding carboxylic acids is 1. The maximum absolute atomic E-state index is 11.7. The van der Waals surface area contributed by atoms with Gasteiger partial charge in [-0.2, -0.15) is 0 Å². The molecule has 0 bridgehead atoms. The number of anilines is 1. The number of ether oxygens (including phenoxy) is 1. The fourth-order valence-corrected chi connectivity index (χ4v) is 1.55. The normalized spacial score (nSPS) is 10.8. The van der Waals surface area contributed by atoms with E-state index in [4.69, 9.17) is 4.74 Å². The average Bonchev–Trinajstić information content (AvgIpc) is 2.28. The minimum Gasteiger partial charge on any atom is -0.444 e. The van der Waals surface area contributed by atoms with Gasteiger partial charge in [0.15, 0.2) is 0 Å². The predicted octanol–water partition coefficient (Wildman–Crippen LogP) is 3.67. The first-order valence-electron chi connectivity index (χ1n) is 6.11. The minimum atomic E-state index is -0.608. The fraction of sp³-hybridized carbons (Fsp3) is 0.357. The van der Waals surface area contributed by atoms with Crippen LogP contribution < -0.4 is 5.32 Å². The first-order chi connectivity index (χ1) is 9.23. The van der Waals surface area contributed by atoms with Crippen LogP contribution in [0.15, 0.2) is 30.9 Å². The Bertz CT molecular complexity index is 532. The zero-order chi connectivity index (χ0) is 15.3. The van der Waals surface area contributed by atoms with Crippen molar-refractivity contribution < 1.29 is 14.5 Å². The van der Waals surface area contributed by atoms with Gasteiger partial charge < -0.3 is 4.74 Å². The number of nitrogens with one attached hydrogen (secondary N) is 1. The molecule has 0 aromatic heterocycles.